The normalized spacial score (nSPS) is 10.4. The second-order valence-corrected chi connectivity index (χ2v) is 6.49. The van der Waals surface area contributed by atoms with Crippen molar-refractivity contribution in [3.63, 3.8) is 0 Å². The van der Waals surface area contributed by atoms with Gasteiger partial charge in [0.2, 0.25) is 11.8 Å². The molecule has 2 amide bonds. The molecule has 0 atom stereocenters. The summed E-state index contributed by atoms with van der Waals surface area (Å²) >= 11 is 3.10. The van der Waals surface area contributed by atoms with Crippen LogP contribution in [0.5, 0.6) is 0 Å². The molecule has 0 radical (unpaired) electrons. The minimum absolute atomic E-state index is 0.00701. The van der Waals surface area contributed by atoms with Crippen molar-refractivity contribution in [1.29, 1.82) is 0 Å². The predicted molar refractivity (Wildman–Crippen MR) is 105 cm³/mol. The number of carbonyl (C=O) groups excluding carboxylic acids is 2. The monoisotopic (exact) mass is 402 g/mol. The Labute approximate surface area is 157 Å². The zero-order valence-electron chi connectivity index (χ0n) is 14.6. The highest BCUT2D eigenvalue weighted by molar-refractivity contribution is 9.09. The number of alkyl halides is 1. The molecule has 4 nitrogen and oxygen atoms in total. The number of rotatable bonds is 7. The van der Waals surface area contributed by atoms with Crippen LogP contribution in [0.15, 0.2) is 48.5 Å². The quantitative estimate of drug-likeness (QED) is 0.717. The zero-order valence-corrected chi connectivity index (χ0v) is 16.2. The maximum Gasteiger partial charge on any atom is 0.230 e. The molecule has 2 rings (SSSR count). The highest BCUT2D eigenvalue weighted by atomic mass is 79.9. The SMILES string of the molecule is Cc1ccccc1CN(C(=O)CCNC(=O)CBr)c1ccccc1C. The molecule has 0 unspecified atom stereocenters. The van der Waals surface area contributed by atoms with Crippen molar-refractivity contribution in [3.05, 3.63) is 65.2 Å². The number of aryl methyl sites for hydroxylation is 2. The van der Waals surface area contributed by atoms with Gasteiger partial charge in [-0.15, -0.1) is 0 Å². The van der Waals surface area contributed by atoms with Gasteiger partial charge in [-0.05, 0) is 36.6 Å². The summed E-state index contributed by atoms with van der Waals surface area (Å²) in [6.45, 7) is 4.90. The van der Waals surface area contributed by atoms with E-state index in [0.29, 0.717) is 13.1 Å². The van der Waals surface area contributed by atoms with Gasteiger partial charge in [0.05, 0.1) is 11.9 Å². The summed E-state index contributed by atoms with van der Waals surface area (Å²) in [5.74, 6) is -0.124. The molecule has 2 aromatic rings. The fourth-order valence-electron chi connectivity index (χ4n) is 2.62. The number of hydrogen-bond donors (Lipinski definition) is 1. The number of para-hydroxylation sites is 1. The van der Waals surface area contributed by atoms with Crippen LogP contribution in [0.3, 0.4) is 0 Å². The first-order valence-electron chi connectivity index (χ1n) is 8.26. The first-order chi connectivity index (χ1) is 12.0. The third kappa shape index (κ3) is 5.43. The van der Waals surface area contributed by atoms with E-state index in [-0.39, 0.29) is 23.6 Å². The molecule has 0 spiro atoms. The Hall–Kier alpha value is -2.14. The lowest BCUT2D eigenvalue weighted by Crippen LogP contribution is -2.35. The average Bonchev–Trinajstić information content (AvgIpc) is 2.61. The van der Waals surface area contributed by atoms with E-state index in [4.69, 9.17) is 0 Å². The summed E-state index contributed by atoms with van der Waals surface area (Å²) < 4.78 is 0. The molecule has 2 aromatic carbocycles. The molecule has 0 aliphatic rings. The van der Waals surface area contributed by atoms with Gasteiger partial charge in [-0.3, -0.25) is 9.59 Å². The number of benzene rings is 2. The van der Waals surface area contributed by atoms with E-state index < -0.39 is 0 Å². The lowest BCUT2D eigenvalue weighted by molar-refractivity contribution is -0.119. The number of halogens is 1. The van der Waals surface area contributed by atoms with Crippen molar-refractivity contribution in [2.45, 2.75) is 26.8 Å². The fourth-order valence-corrected chi connectivity index (χ4v) is 2.82. The summed E-state index contributed by atoms with van der Waals surface area (Å²) in [6, 6.07) is 15.9. The Bertz CT molecular complexity index is 746. The topological polar surface area (TPSA) is 49.4 Å². The van der Waals surface area contributed by atoms with E-state index in [1.54, 1.807) is 4.90 Å². The first-order valence-corrected chi connectivity index (χ1v) is 9.38. The molecule has 0 aromatic heterocycles. The van der Waals surface area contributed by atoms with E-state index >= 15 is 0 Å². The molecule has 132 valence electrons. The van der Waals surface area contributed by atoms with E-state index in [0.717, 1.165) is 22.4 Å². The lowest BCUT2D eigenvalue weighted by atomic mass is 10.1. The second-order valence-electron chi connectivity index (χ2n) is 5.93. The Morgan fingerprint density at radius 2 is 1.64 bits per heavy atom. The van der Waals surface area contributed by atoms with Crippen LogP contribution in [0.25, 0.3) is 0 Å². The fraction of sp³-hybridized carbons (Fsp3) is 0.300. The first kappa shape index (κ1) is 19.2. The van der Waals surface area contributed by atoms with Gasteiger partial charge in [0.25, 0.3) is 0 Å². The molecule has 0 aliphatic carbocycles. The molecule has 0 aliphatic heterocycles. The Balaban J connectivity index is 2.20. The average molecular weight is 403 g/mol. The molecular weight excluding hydrogens is 380 g/mol. The van der Waals surface area contributed by atoms with Crippen LogP contribution in [0.2, 0.25) is 0 Å². The minimum Gasteiger partial charge on any atom is -0.355 e. The summed E-state index contributed by atoms with van der Waals surface area (Å²) in [7, 11) is 0. The van der Waals surface area contributed by atoms with E-state index in [1.165, 1.54) is 0 Å². The van der Waals surface area contributed by atoms with Crippen molar-refractivity contribution in [2.75, 3.05) is 16.8 Å². The van der Waals surface area contributed by atoms with Gasteiger partial charge >= 0.3 is 0 Å². The molecule has 0 bridgehead atoms. The lowest BCUT2D eigenvalue weighted by Gasteiger charge is -2.25. The van der Waals surface area contributed by atoms with Gasteiger partial charge in [0.1, 0.15) is 0 Å². The molecule has 0 fully saturated rings. The van der Waals surface area contributed by atoms with E-state index in [9.17, 15) is 9.59 Å². The zero-order chi connectivity index (χ0) is 18.2. The Morgan fingerprint density at radius 1 is 1.00 bits per heavy atom. The predicted octanol–water partition coefficient (Wildman–Crippen LogP) is 3.74. The molecule has 0 saturated heterocycles. The van der Waals surface area contributed by atoms with E-state index in [1.807, 2.05) is 62.4 Å². The van der Waals surface area contributed by atoms with Gasteiger partial charge in [-0.25, -0.2) is 0 Å². The Kier molecular flexibility index (Phi) is 7.19. The smallest absolute Gasteiger partial charge is 0.230 e. The van der Waals surface area contributed by atoms with Gasteiger partial charge in [-0.1, -0.05) is 58.4 Å². The molecule has 25 heavy (non-hydrogen) atoms. The summed E-state index contributed by atoms with van der Waals surface area (Å²) in [5, 5.41) is 2.97. The van der Waals surface area contributed by atoms with Gasteiger partial charge in [0.15, 0.2) is 0 Å². The number of carbonyl (C=O) groups is 2. The van der Waals surface area contributed by atoms with Crippen molar-refractivity contribution in [3.8, 4) is 0 Å². The molecule has 5 heteroatoms. The van der Waals surface area contributed by atoms with Crippen LogP contribution in [0.1, 0.15) is 23.1 Å². The summed E-state index contributed by atoms with van der Waals surface area (Å²) in [5.41, 5.74) is 4.22. The molecule has 0 heterocycles. The van der Waals surface area contributed by atoms with Gasteiger partial charge in [0, 0.05) is 18.7 Å². The van der Waals surface area contributed by atoms with Crippen LogP contribution < -0.4 is 10.2 Å². The molecule has 0 saturated carbocycles. The second kappa shape index (κ2) is 9.37. The van der Waals surface area contributed by atoms with Crippen molar-refractivity contribution < 1.29 is 9.59 Å². The summed E-state index contributed by atoms with van der Waals surface area (Å²) in [6.07, 6.45) is 0.263. The highest BCUT2D eigenvalue weighted by Crippen LogP contribution is 2.23. The maximum absolute atomic E-state index is 12.8. The number of nitrogens with one attached hydrogen (secondary N) is 1. The van der Waals surface area contributed by atoms with Crippen molar-refractivity contribution in [1.82, 2.24) is 5.32 Å². The number of hydrogen-bond acceptors (Lipinski definition) is 2. The number of nitrogens with zero attached hydrogens (tertiary/aromatic N) is 1. The van der Waals surface area contributed by atoms with Crippen molar-refractivity contribution >= 4 is 33.4 Å². The molecule has 1 N–H and O–H groups in total. The number of anilines is 1. The molecular formula is C20H23BrN2O2. The van der Waals surface area contributed by atoms with Crippen LogP contribution in [-0.2, 0) is 16.1 Å². The van der Waals surface area contributed by atoms with E-state index in [2.05, 4.69) is 21.2 Å². The van der Waals surface area contributed by atoms with Crippen LogP contribution in [-0.4, -0.2) is 23.7 Å². The van der Waals surface area contributed by atoms with Gasteiger partial charge in [-0.2, -0.15) is 0 Å². The van der Waals surface area contributed by atoms with Gasteiger partial charge < -0.3 is 10.2 Å². The summed E-state index contributed by atoms with van der Waals surface area (Å²) in [4.78, 5) is 26.0. The maximum atomic E-state index is 12.8. The van der Waals surface area contributed by atoms with Crippen LogP contribution >= 0.6 is 15.9 Å². The van der Waals surface area contributed by atoms with Crippen molar-refractivity contribution in [2.24, 2.45) is 0 Å². The third-order valence-corrected chi connectivity index (χ3v) is 4.59. The number of amides is 2. The largest absolute Gasteiger partial charge is 0.355 e. The standard InChI is InChI=1S/C20H23BrN2O2/c1-15-7-3-5-9-17(15)14-23(18-10-6-4-8-16(18)2)20(25)11-12-22-19(24)13-21/h3-10H,11-14H2,1-2H3,(H,22,24). The van der Waals surface area contributed by atoms with Crippen LogP contribution in [0.4, 0.5) is 5.69 Å². The highest BCUT2D eigenvalue weighted by Gasteiger charge is 2.18. The third-order valence-electron chi connectivity index (χ3n) is 4.08. The van der Waals surface area contributed by atoms with Crippen LogP contribution in [0, 0.1) is 13.8 Å². The minimum atomic E-state index is -0.117. The Morgan fingerprint density at radius 3 is 2.28 bits per heavy atom.